The number of nitrogens with one attached hydrogen (secondary N) is 1. The van der Waals surface area contributed by atoms with E-state index in [4.69, 9.17) is 9.47 Å². The molecule has 0 aliphatic carbocycles. The summed E-state index contributed by atoms with van der Waals surface area (Å²) in [4.78, 5) is 0. The molecule has 3 heteroatoms. The lowest BCUT2D eigenvalue weighted by molar-refractivity contribution is 0.267. The molecule has 1 rings (SSSR count). The van der Waals surface area contributed by atoms with Gasteiger partial charge in [-0.1, -0.05) is 33.8 Å². The van der Waals surface area contributed by atoms with Gasteiger partial charge in [0, 0.05) is 6.04 Å². The molecule has 0 spiro atoms. The van der Waals surface area contributed by atoms with Crippen molar-refractivity contribution in [3.8, 4) is 11.5 Å². The summed E-state index contributed by atoms with van der Waals surface area (Å²) in [6.07, 6.45) is 3.11. The van der Waals surface area contributed by atoms with Crippen LogP contribution in [0, 0.1) is 5.92 Å². The molecular weight excluding hydrogens is 262 g/mol. The maximum absolute atomic E-state index is 5.87. The first-order chi connectivity index (χ1) is 10.1. The fraction of sp³-hybridized carbons (Fsp3) is 0.667. The van der Waals surface area contributed by atoms with Crippen LogP contribution < -0.4 is 14.8 Å². The Bertz CT molecular complexity index is 404. The van der Waals surface area contributed by atoms with Crippen LogP contribution in [0.5, 0.6) is 11.5 Å². The Morgan fingerprint density at radius 1 is 1.00 bits per heavy atom. The normalized spacial score (nSPS) is 12.5. The summed E-state index contributed by atoms with van der Waals surface area (Å²) in [5.41, 5.74) is 1.26. The van der Waals surface area contributed by atoms with Gasteiger partial charge in [0.05, 0.1) is 13.2 Å². The molecule has 0 saturated heterocycles. The van der Waals surface area contributed by atoms with Crippen LogP contribution in [-0.2, 0) is 0 Å². The standard InChI is InChI=1S/C18H31NO2/c1-6-10-20-17-9-8-15(13-18(17)21-11-7-2)16(19-5)12-14(3)4/h8-9,13-14,16,19H,6-7,10-12H2,1-5H3. The highest BCUT2D eigenvalue weighted by atomic mass is 16.5. The summed E-state index contributed by atoms with van der Waals surface area (Å²) in [5.74, 6) is 2.37. The van der Waals surface area contributed by atoms with Crippen LogP contribution in [0.25, 0.3) is 0 Å². The second-order valence-electron chi connectivity index (χ2n) is 5.87. The van der Waals surface area contributed by atoms with Gasteiger partial charge in [-0.05, 0) is 49.9 Å². The monoisotopic (exact) mass is 293 g/mol. The summed E-state index contributed by atoms with van der Waals surface area (Å²) >= 11 is 0. The summed E-state index contributed by atoms with van der Waals surface area (Å²) in [6, 6.07) is 6.67. The summed E-state index contributed by atoms with van der Waals surface area (Å²) in [5, 5.41) is 3.40. The predicted octanol–water partition coefficient (Wildman–Crippen LogP) is 4.57. The number of benzene rings is 1. The molecule has 0 heterocycles. The van der Waals surface area contributed by atoms with E-state index in [0.29, 0.717) is 12.0 Å². The van der Waals surface area contributed by atoms with Gasteiger partial charge < -0.3 is 14.8 Å². The van der Waals surface area contributed by atoms with Gasteiger partial charge in [-0.25, -0.2) is 0 Å². The zero-order chi connectivity index (χ0) is 15.7. The second-order valence-corrected chi connectivity index (χ2v) is 5.87. The van der Waals surface area contributed by atoms with Crippen LogP contribution in [0.2, 0.25) is 0 Å². The van der Waals surface area contributed by atoms with Crippen LogP contribution in [0.15, 0.2) is 18.2 Å². The Balaban J connectivity index is 2.95. The van der Waals surface area contributed by atoms with Gasteiger partial charge in [-0.15, -0.1) is 0 Å². The number of rotatable bonds is 10. The maximum atomic E-state index is 5.87. The second kappa shape index (κ2) is 9.67. The first-order valence-corrected chi connectivity index (χ1v) is 8.19. The topological polar surface area (TPSA) is 30.5 Å². The minimum absolute atomic E-state index is 0.356. The lowest BCUT2D eigenvalue weighted by Crippen LogP contribution is -2.18. The molecule has 0 amide bonds. The highest BCUT2D eigenvalue weighted by Gasteiger charge is 2.14. The number of ether oxygens (including phenoxy) is 2. The van der Waals surface area contributed by atoms with Crippen molar-refractivity contribution < 1.29 is 9.47 Å². The van der Waals surface area contributed by atoms with E-state index in [1.165, 1.54) is 5.56 Å². The van der Waals surface area contributed by atoms with Crippen LogP contribution >= 0.6 is 0 Å². The lowest BCUT2D eigenvalue weighted by Gasteiger charge is -2.21. The van der Waals surface area contributed by atoms with Crippen molar-refractivity contribution in [2.75, 3.05) is 20.3 Å². The van der Waals surface area contributed by atoms with Crippen molar-refractivity contribution in [3.05, 3.63) is 23.8 Å². The smallest absolute Gasteiger partial charge is 0.161 e. The zero-order valence-corrected chi connectivity index (χ0v) is 14.2. The largest absolute Gasteiger partial charge is 0.490 e. The lowest BCUT2D eigenvalue weighted by atomic mass is 9.97. The van der Waals surface area contributed by atoms with Crippen molar-refractivity contribution in [3.63, 3.8) is 0 Å². The predicted molar refractivity (Wildman–Crippen MR) is 89.3 cm³/mol. The van der Waals surface area contributed by atoms with Gasteiger partial charge in [0.2, 0.25) is 0 Å². The molecule has 0 radical (unpaired) electrons. The quantitative estimate of drug-likeness (QED) is 0.685. The molecule has 1 aromatic rings. The molecule has 3 nitrogen and oxygen atoms in total. The minimum atomic E-state index is 0.356. The van der Waals surface area contributed by atoms with Crippen molar-refractivity contribution >= 4 is 0 Å². The molecule has 0 aromatic heterocycles. The van der Waals surface area contributed by atoms with Crippen LogP contribution in [-0.4, -0.2) is 20.3 Å². The fourth-order valence-corrected chi connectivity index (χ4v) is 2.29. The van der Waals surface area contributed by atoms with E-state index < -0.39 is 0 Å². The molecule has 0 fully saturated rings. The van der Waals surface area contributed by atoms with Crippen molar-refractivity contribution in [1.82, 2.24) is 5.32 Å². The SMILES string of the molecule is CCCOc1ccc(C(CC(C)C)NC)cc1OCCC. The van der Waals surface area contributed by atoms with Crippen LogP contribution in [0.4, 0.5) is 0 Å². The molecule has 1 atom stereocenters. The Morgan fingerprint density at radius 2 is 1.62 bits per heavy atom. The third kappa shape index (κ3) is 5.96. The van der Waals surface area contributed by atoms with Gasteiger partial charge in [0.15, 0.2) is 11.5 Å². The third-order valence-corrected chi connectivity index (χ3v) is 3.35. The molecule has 1 N–H and O–H groups in total. The molecule has 120 valence electrons. The van der Waals surface area contributed by atoms with E-state index >= 15 is 0 Å². The van der Waals surface area contributed by atoms with E-state index in [9.17, 15) is 0 Å². The third-order valence-electron chi connectivity index (χ3n) is 3.35. The van der Waals surface area contributed by atoms with E-state index in [2.05, 4.69) is 45.1 Å². The van der Waals surface area contributed by atoms with Crippen LogP contribution in [0.1, 0.15) is 58.6 Å². The Kier molecular flexibility index (Phi) is 8.21. The average molecular weight is 293 g/mol. The number of hydrogen-bond donors (Lipinski definition) is 1. The van der Waals surface area contributed by atoms with Gasteiger partial charge in [-0.3, -0.25) is 0 Å². The molecule has 0 aliphatic heterocycles. The molecule has 21 heavy (non-hydrogen) atoms. The highest BCUT2D eigenvalue weighted by molar-refractivity contribution is 5.44. The van der Waals surface area contributed by atoms with Gasteiger partial charge in [-0.2, -0.15) is 0 Å². The van der Waals surface area contributed by atoms with Gasteiger partial charge in [0.25, 0.3) is 0 Å². The van der Waals surface area contributed by atoms with E-state index in [-0.39, 0.29) is 0 Å². The van der Waals surface area contributed by atoms with Crippen molar-refractivity contribution in [2.24, 2.45) is 5.92 Å². The summed E-state index contributed by atoms with van der Waals surface area (Å²) in [7, 11) is 2.01. The molecule has 0 saturated carbocycles. The average Bonchev–Trinajstić information content (AvgIpc) is 2.48. The van der Waals surface area contributed by atoms with Crippen LogP contribution in [0.3, 0.4) is 0 Å². The molecular formula is C18H31NO2. The molecule has 1 aromatic carbocycles. The minimum Gasteiger partial charge on any atom is -0.490 e. The molecule has 0 bridgehead atoms. The van der Waals surface area contributed by atoms with E-state index in [0.717, 1.165) is 44.0 Å². The van der Waals surface area contributed by atoms with Gasteiger partial charge >= 0.3 is 0 Å². The molecule has 0 aliphatic rings. The Hall–Kier alpha value is -1.22. The summed E-state index contributed by atoms with van der Waals surface area (Å²) < 4.78 is 11.7. The Morgan fingerprint density at radius 3 is 2.14 bits per heavy atom. The molecule has 1 unspecified atom stereocenters. The number of hydrogen-bond acceptors (Lipinski definition) is 3. The first kappa shape index (κ1) is 17.8. The van der Waals surface area contributed by atoms with Crippen molar-refractivity contribution in [2.45, 2.75) is 53.0 Å². The summed E-state index contributed by atoms with van der Waals surface area (Å²) in [6.45, 7) is 10.2. The zero-order valence-electron chi connectivity index (χ0n) is 14.2. The van der Waals surface area contributed by atoms with Crippen molar-refractivity contribution in [1.29, 1.82) is 0 Å². The fourth-order valence-electron chi connectivity index (χ4n) is 2.29. The van der Waals surface area contributed by atoms with Gasteiger partial charge in [0.1, 0.15) is 0 Å². The maximum Gasteiger partial charge on any atom is 0.161 e. The highest BCUT2D eigenvalue weighted by Crippen LogP contribution is 2.32. The first-order valence-electron chi connectivity index (χ1n) is 8.19. The Labute approximate surface area is 130 Å². The van der Waals surface area contributed by atoms with E-state index in [1.807, 2.05) is 13.1 Å². The van der Waals surface area contributed by atoms with E-state index in [1.54, 1.807) is 0 Å².